The number of hydrogen-bond donors (Lipinski definition) is 2. The number of aryl methyl sites for hydroxylation is 1. The second kappa shape index (κ2) is 8.91. The Morgan fingerprint density at radius 3 is 2.74 bits per heavy atom. The van der Waals surface area contributed by atoms with E-state index in [1.807, 2.05) is 24.0 Å². The zero-order valence-electron chi connectivity index (χ0n) is 14.8. The van der Waals surface area contributed by atoms with Crippen LogP contribution in [-0.2, 0) is 18.3 Å². The summed E-state index contributed by atoms with van der Waals surface area (Å²) in [5.74, 6) is 0.816. The minimum Gasteiger partial charge on any atom is -0.373 e. The van der Waals surface area contributed by atoms with E-state index >= 15 is 0 Å². The molecule has 1 aromatic rings. The SMILES string of the molecule is CCCOC1(CNC(=NC)NCc2ccnn2C)CCCCC1. The number of aromatic nitrogens is 2. The summed E-state index contributed by atoms with van der Waals surface area (Å²) in [7, 11) is 3.75. The first kappa shape index (κ1) is 17.8. The third-order valence-electron chi connectivity index (χ3n) is 4.54. The van der Waals surface area contributed by atoms with Crippen molar-refractivity contribution in [3.8, 4) is 0 Å². The number of guanidine groups is 1. The van der Waals surface area contributed by atoms with Crippen molar-refractivity contribution in [3.63, 3.8) is 0 Å². The highest BCUT2D eigenvalue weighted by atomic mass is 16.5. The van der Waals surface area contributed by atoms with E-state index in [1.54, 1.807) is 7.05 Å². The first-order valence-electron chi connectivity index (χ1n) is 8.74. The molecule has 23 heavy (non-hydrogen) atoms. The third-order valence-corrected chi connectivity index (χ3v) is 4.54. The number of ether oxygens (including phenoxy) is 1. The van der Waals surface area contributed by atoms with Gasteiger partial charge in [0.25, 0.3) is 0 Å². The van der Waals surface area contributed by atoms with Gasteiger partial charge in [-0.3, -0.25) is 9.67 Å². The topological polar surface area (TPSA) is 63.5 Å². The van der Waals surface area contributed by atoms with Crippen LogP contribution in [0.1, 0.15) is 51.1 Å². The molecule has 6 heteroatoms. The van der Waals surface area contributed by atoms with E-state index in [4.69, 9.17) is 4.74 Å². The first-order chi connectivity index (χ1) is 11.2. The van der Waals surface area contributed by atoms with Crippen molar-refractivity contribution >= 4 is 5.96 Å². The van der Waals surface area contributed by atoms with Crippen LogP contribution in [0, 0.1) is 0 Å². The Balaban J connectivity index is 1.86. The maximum absolute atomic E-state index is 6.22. The van der Waals surface area contributed by atoms with Crippen LogP contribution >= 0.6 is 0 Å². The van der Waals surface area contributed by atoms with Crippen LogP contribution in [-0.4, -0.2) is 41.5 Å². The quantitative estimate of drug-likeness (QED) is 0.597. The molecule has 0 radical (unpaired) electrons. The zero-order valence-corrected chi connectivity index (χ0v) is 14.8. The lowest BCUT2D eigenvalue weighted by atomic mass is 9.84. The summed E-state index contributed by atoms with van der Waals surface area (Å²) in [6.45, 7) is 4.53. The summed E-state index contributed by atoms with van der Waals surface area (Å²) in [4.78, 5) is 4.32. The number of rotatable bonds is 7. The van der Waals surface area contributed by atoms with Gasteiger partial charge in [0.15, 0.2) is 5.96 Å². The summed E-state index contributed by atoms with van der Waals surface area (Å²) in [6.07, 6.45) is 8.99. The summed E-state index contributed by atoms with van der Waals surface area (Å²) in [5.41, 5.74) is 1.10. The lowest BCUT2D eigenvalue weighted by Gasteiger charge is -2.37. The summed E-state index contributed by atoms with van der Waals surface area (Å²) in [6, 6.07) is 2.01. The predicted molar refractivity (Wildman–Crippen MR) is 93.5 cm³/mol. The van der Waals surface area contributed by atoms with Gasteiger partial charge < -0.3 is 15.4 Å². The van der Waals surface area contributed by atoms with Crippen LogP contribution in [0.5, 0.6) is 0 Å². The predicted octanol–water partition coefficient (Wildman–Crippen LogP) is 2.21. The van der Waals surface area contributed by atoms with Gasteiger partial charge in [-0.2, -0.15) is 5.10 Å². The first-order valence-corrected chi connectivity index (χ1v) is 8.74. The fourth-order valence-electron chi connectivity index (χ4n) is 3.10. The van der Waals surface area contributed by atoms with E-state index < -0.39 is 0 Å². The minimum atomic E-state index is -0.0294. The van der Waals surface area contributed by atoms with Crippen LogP contribution in [0.3, 0.4) is 0 Å². The van der Waals surface area contributed by atoms with Crippen molar-refractivity contribution in [1.29, 1.82) is 0 Å². The molecule has 1 fully saturated rings. The molecule has 1 aliphatic rings. The molecule has 1 aliphatic carbocycles. The Morgan fingerprint density at radius 2 is 2.13 bits per heavy atom. The molecule has 0 aliphatic heterocycles. The zero-order chi connectivity index (χ0) is 16.5. The second-order valence-electron chi connectivity index (χ2n) is 6.32. The Hall–Kier alpha value is -1.56. The van der Waals surface area contributed by atoms with Gasteiger partial charge in [-0.25, -0.2) is 0 Å². The average molecular weight is 321 g/mol. The highest BCUT2D eigenvalue weighted by Crippen LogP contribution is 2.31. The normalized spacial score (nSPS) is 18.0. The minimum absolute atomic E-state index is 0.0294. The van der Waals surface area contributed by atoms with Gasteiger partial charge in [0.1, 0.15) is 0 Å². The Morgan fingerprint density at radius 1 is 1.35 bits per heavy atom. The Bertz CT molecular complexity index is 491. The van der Waals surface area contributed by atoms with E-state index in [2.05, 4.69) is 27.6 Å². The molecule has 1 saturated carbocycles. The average Bonchev–Trinajstić information content (AvgIpc) is 2.99. The maximum Gasteiger partial charge on any atom is 0.191 e. The molecule has 0 unspecified atom stereocenters. The molecule has 1 aromatic heterocycles. The molecular formula is C17H31N5O. The smallest absolute Gasteiger partial charge is 0.191 e. The summed E-state index contributed by atoms with van der Waals surface area (Å²) < 4.78 is 8.09. The fraction of sp³-hybridized carbons (Fsp3) is 0.765. The molecule has 1 heterocycles. The van der Waals surface area contributed by atoms with Gasteiger partial charge in [0.2, 0.25) is 0 Å². The van der Waals surface area contributed by atoms with E-state index in [0.717, 1.165) is 44.1 Å². The van der Waals surface area contributed by atoms with E-state index in [0.29, 0.717) is 6.54 Å². The molecule has 0 atom stereocenters. The Labute approximate surface area is 139 Å². The number of nitrogens with zero attached hydrogens (tertiary/aromatic N) is 3. The van der Waals surface area contributed by atoms with Crippen molar-refractivity contribution < 1.29 is 4.74 Å². The van der Waals surface area contributed by atoms with Crippen molar-refractivity contribution in [2.75, 3.05) is 20.2 Å². The molecule has 0 amide bonds. The van der Waals surface area contributed by atoms with Crippen molar-refractivity contribution in [3.05, 3.63) is 18.0 Å². The molecule has 0 aromatic carbocycles. The molecule has 0 bridgehead atoms. The van der Waals surface area contributed by atoms with Crippen LogP contribution in [0.2, 0.25) is 0 Å². The van der Waals surface area contributed by atoms with Gasteiger partial charge in [-0.1, -0.05) is 26.2 Å². The molecular weight excluding hydrogens is 290 g/mol. The van der Waals surface area contributed by atoms with Crippen molar-refractivity contribution in [2.24, 2.45) is 12.0 Å². The van der Waals surface area contributed by atoms with Crippen molar-refractivity contribution in [2.45, 2.75) is 57.6 Å². The van der Waals surface area contributed by atoms with Crippen LogP contribution in [0.15, 0.2) is 17.3 Å². The maximum atomic E-state index is 6.22. The molecule has 0 saturated heterocycles. The highest BCUT2D eigenvalue weighted by Gasteiger charge is 2.32. The molecule has 130 valence electrons. The van der Waals surface area contributed by atoms with E-state index in [-0.39, 0.29) is 5.60 Å². The van der Waals surface area contributed by atoms with Crippen LogP contribution in [0.4, 0.5) is 0 Å². The van der Waals surface area contributed by atoms with Gasteiger partial charge in [-0.15, -0.1) is 0 Å². The second-order valence-corrected chi connectivity index (χ2v) is 6.32. The lowest BCUT2D eigenvalue weighted by Crippen LogP contribution is -2.49. The lowest BCUT2D eigenvalue weighted by molar-refractivity contribution is -0.0657. The number of nitrogens with one attached hydrogen (secondary N) is 2. The molecule has 0 spiro atoms. The summed E-state index contributed by atoms with van der Waals surface area (Å²) >= 11 is 0. The van der Waals surface area contributed by atoms with Crippen LogP contribution < -0.4 is 10.6 Å². The van der Waals surface area contributed by atoms with Gasteiger partial charge >= 0.3 is 0 Å². The van der Waals surface area contributed by atoms with Gasteiger partial charge in [0, 0.05) is 33.4 Å². The van der Waals surface area contributed by atoms with E-state index in [1.165, 1.54) is 19.3 Å². The van der Waals surface area contributed by atoms with Crippen molar-refractivity contribution in [1.82, 2.24) is 20.4 Å². The third kappa shape index (κ3) is 5.23. The fourth-order valence-corrected chi connectivity index (χ4v) is 3.10. The Kier molecular flexibility index (Phi) is 6.89. The highest BCUT2D eigenvalue weighted by molar-refractivity contribution is 5.79. The number of aliphatic imine (C=N–C) groups is 1. The standard InChI is InChI=1S/C17H31N5O/c1-4-12-23-17(9-6-5-7-10-17)14-20-16(18-2)19-13-15-8-11-21-22(15)3/h8,11H,4-7,9-10,12-14H2,1-3H3,(H2,18,19,20). The van der Waals surface area contributed by atoms with Gasteiger partial charge in [0.05, 0.1) is 17.8 Å². The van der Waals surface area contributed by atoms with E-state index in [9.17, 15) is 0 Å². The molecule has 2 N–H and O–H groups in total. The monoisotopic (exact) mass is 321 g/mol. The van der Waals surface area contributed by atoms with Gasteiger partial charge in [-0.05, 0) is 25.3 Å². The largest absolute Gasteiger partial charge is 0.373 e. The summed E-state index contributed by atoms with van der Waals surface area (Å²) in [5, 5.41) is 11.0. The van der Waals surface area contributed by atoms with Crippen LogP contribution in [0.25, 0.3) is 0 Å². The number of hydrogen-bond acceptors (Lipinski definition) is 3. The molecule has 6 nitrogen and oxygen atoms in total. The molecule has 2 rings (SSSR count).